The predicted octanol–water partition coefficient (Wildman–Crippen LogP) is 1.82. The molecule has 6 nitrogen and oxygen atoms in total. The van der Waals surface area contributed by atoms with Crippen molar-refractivity contribution in [2.45, 2.75) is 45.2 Å². The smallest absolute Gasteiger partial charge is 0.325 e. The summed E-state index contributed by atoms with van der Waals surface area (Å²) in [6, 6.07) is 3.08. The van der Waals surface area contributed by atoms with Gasteiger partial charge in [0, 0.05) is 10.4 Å². The Morgan fingerprint density at radius 1 is 1.45 bits per heavy atom. The number of nitrogens with zero attached hydrogens (tertiary/aromatic N) is 1. The molecule has 1 aromatic heterocycles. The number of thiophene rings is 1. The summed E-state index contributed by atoms with van der Waals surface area (Å²) in [6.07, 6.45) is 0.756. The Labute approximate surface area is 133 Å². The fourth-order valence-corrected chi connectivity index (χ4v) is 3.05. The van der Waals surface area contributed by atoms with Gasteiger partial charge in [-0.3, -0.25) is 14.5 Å². The average Bonchev–Trinajstić information content (AvgIpc) is 3.03. The highest BCUT2D eigenvalue weighted by atomic mass is 32.1. The number of carbonyl (C=O) groups excluding carboxylic acids is 3. The third-order valence-electron chi connectivity index (χ3n) is 3.95. The Morgan fingerprint density at radius 3 is 2.68 bits per heavy atom. The molecule has 7 heteroatoms. The lowest BCUT2D eigenvalue weighted by molar-refractivity contribution is -0.135. The quantitative estimate of drug-likeness (QED) is 0.811. The first-order chi connectivity index (χ1) is 10.2. The van der Waals surface area contributed by atoms with E-state index in [0.29, 0.717) is 0 Å². The van der Waals surface area contributed by atoms with Crippen molar-refractivity contribution >= 4 is 29.2 Å². The number of hydrogen-bond acceptors (Lipinski definition) is 4. The predicted molar refractivity (Wildman–Crippen MR) is 84.4 cm³/mol. The van der Waals surface area contributed by atoms with E-state index in [1.165, 1.54) is 11.3 Å². The van der Waals surface area contributed by atoms with Gasteiger partial charge in [0.05, 0.1) is 0 Å². The highest BCUT2D eigenvalue weighted by molar-refractivity contribution is 7.10. The summed E-state index contributed by atoms with van der Waals surface area (Å²) in [5, 5.41) is 7.35. The first kappa shape index (κ1) is 16.5. The molecule has 2 heterocycles. The van der Waals surface area contributed by atoms with Gasteiger partial charge in [-0.1, -0.05) is 13.0 Å². The molecule has 0 aliphatic carbocycles. The number of hydrogen-bond donors (Lipinski definition) is 2. The standard InChI is InChI=1S/C15H21N3O3S/c1-5-14(2,3)16-11(19)9-18-12(20)15(4,17-13(18)21)10-7-6-8-22-10/h6-8H,5,9H2,1-4H3,(H,16,19)(H,17,21)/t15-/m0/s1. The van der Waals surface area contributed by atoms with Crippen molar-refractivity contribution in [3.8, 4) is 0 Å². The van der Waals surface area contributed by atoms with Crippen molar-refractivity contribution in [3.63, 3.8) is 0 Å². The zero-order valence-electron chi connectivity index (χ0n) is 13.2. The van der Waals surface area contributed by atoms with Gasteiger partial charge in [0.15, 0.2) is 5.54 Å². The van der Waals surface area contributed by atoms with E-state index < -0.39 is 17.5 Å². The summed E-state index contributed by atoms with van der Waals surface area (Å²) in [5.74, 6) is -0.741. The van der Waals surface area contributed by atoms with Crippen LogP contribution in [0.5, 0.6) is 0 Å². The second-order valence-corrected chi connectivity index (χ2v) is 7.16. The van der Waals surface area contributed by atoms with Crippen LogP contribution >= 0.6 is 11.3 Å². The number of imide groups is 1. The van der Waals surface area contributed by atoms with Crippen molar-refractivity contribution in [1.82, 2.24) is 15.5 Å². The van der Waals surface area contributed by atoms with Crippen LogP contribution in [0, 0.1) is 0 Å². The minimum Gasteiger partial charge on any atom is -0.350 e. The van der Waals surface area contributed by atoms with Crippen molar-refractivity contribution < 1.29 is 14.4 Å². The molecule has 0 saturated carbocycles. The fraction of sp³-hybridized carbons (Fsp3) is 0.533. The van der Waals surface area contributed by atoms with Gasteiger partial charge in [0.25, 0.3) is 5.91 Å². The number of amides is 4. The minimum atomic E-state index is -1.09. The Hall–Kier alpha value is -1.89. The molecule has 0 radical (unpaired) electrons. The van der Waals surface area contributed by atoms with Crippen LogP contribution in [-0.4, -0.2) is 34.8 Å². The van der Waals surface area contributed by atoms with Crippen molar-refractivity contribution in [1.29, 1.82) is 0 Å². The normalized spacial score (nSPS) is 21.9. The Morgan fingerprint density at radius 2 is 2.14 bits per heavy atom. The summed E-state index contributed by atoms with van der Waals surface area (Å²) in [5.41, 5.74) is -1.46. The molecule has 2 rings (SSSR count). The zero-order valence-corrected chi connectivity index (χ0v) is 14.0. The summed E-state index contributed by atoms with van der Waals surface area (Å²) < 4.78 is 0. The van der Waals surface area contributed by atoms with Gasteiger partial charge in [-0.25, -0.2) is 4.79 Å². The molecule has 4 amide bonds. The van der Waals surface area contributed by atoms with Crippen LogP contribution in [0.15, 0.2) is 17.5 Å². The molecule has 1 saturated heterocycles. The van der Waals surface area contributed by atoms with E-state index in [1.807, 2.05) is 32.2 Å². The number of urea groups is 1. The minimum absolute atomic E-state index is 0.269. The van der Waals surface area contributed by atoms with Gasteiger partial charge >= 0.3 is 6.03 Å². The molecule has 1 fully saturated rings. The number of rotatable bonds is 5. The largest absolute Gasteiger partial charge is 0.350 e. The zero-order chi connectivity index (χ0) is 16.5. The second-order valence-electron chi connectivity index (χ2n) is 6.21. The first-order valence-electron chi connectivity index (χ1n) is 7.19. The van der Waals surface area contributed by atoms with Crippen molar-refractivity contribution in [2.75, 3.05) is 6.54 Å². The van der Waals surface area contributed by atoms with Crippen LogP contribution in [0.25, 0.3) is 0 Å². The molecule has 1 aliphatic heterocycles. The summed E-state index contributed by atoms with van der Waals surface area (Å²) >= 11 is 1.40. The van der Waals surface area contributed by atoms with Crippen LogP contribution in [0.2, 0.25) is 0 Å². The van der Waals surface area contributed by atoms with Gasteiger partial charge in [-0.2, -0.15) is 0 Å². The number of carbonyl (C=O) groups is 3. The molecule has 0 unspecified atom stereocenters. The molecule has 120 valence electrons. The van der Waals surface area contributed by atoms with E-state index in [2.05, 4.69) is 10.6 Å². The maximum Gasteiger partial charge on any atom is 0.325 e. The summed E-state index contributed by atoms with van der Waals surface area (Å²) in [7, 11) is 0. The van der Waals surface area contributed by atoms with Gasteiger partial charge in [0.2, 0.25) is 5.91 Å². The maximum atomic E-state index is 12.6. The lowest BCUT2D eigenvalue weighted by Crippen LogP contribution is -2.49. The van der Waals surface area contributed by atoms with E-state index in [-0.39, 0.29) is 18.0 Å². The van der Waals surface area contributed by atoms with Crippen LogP contribution in [0.1, 0.15) is 39.0 Å². The maximum absolute atomic E-state index is 12.6. The third-order valence-corrected chi connectivity index (χ3v) is 5.04. The van der Waals surface area contributed by atoms with Crippen LogP contribution in [0.3, 0.4) is 0 Å². The molecule has 22 heavy (non-hydrogen) atoms. The first-order valence-corrected chi connectivity index (χ1v) is 8.06. The molecular formula is C15H21N3O3S. The molecular weight excluding hydrogens is 302 g/mol. The molecule has 1 atom stereocenters. The Bertz CT molecular complexity index is 597. The van der Waals surface area contributed by atoms with Crippen LogP contribution < -0.4 is 10.6 Å². The SMILES string of the molecule is CCC(C)(C)NC(=O)CN1C(=O)N[C@@](C)(c2cccs2)C1=O. The van der Waals surface area contributed by atoms with E-state index in [9.17, 15) is 14.4 Å². The fourth-order valence-electron chi connectivity index (χ4n) is 2.22. The highest BCUT2D eigenvalue weighted by Gasteiger charge is 2.50. The molecule has 1 aromatic rings. The summed E-state index contributed by atoms with van der Waals surface area (Å²) in [6.45, 7) is 7.14. The molecule has 0 aromatic carbocycles. The molecule has 0 bridgehead atoms. The highest BCUT2D eigenvalue weighted by Crippen LogP contribution is 2.31. The lowest BCUT2D eigenvalue weighted by Gasteiger charge is -2.25. The Kier molecular flexibility index (Phi) is 4.28. The van der Waals surface area contributed by atoms with Crippen LogP contribution in [-0.2, 0) is 15.1 Å². The van der Waals surface area contributed by atoms with Crippen molar-refractivity contribution in [2.24, 2.45) is 0 Å². The monoisotopic (exact) mass is 323 g/mol. The topological polar surface area (TPSA) is 78.5 Å². The average molecular weight is 323 g/mol. The van der Waals surface area contributed by atoms with Gasteiger partial charge in [-0.05, 0) is 38.6 Å². The Balaban J connectivity index is 2.12. The molecule has 0 spiro atoms. The van der Waals surface area contributed by atoms with Gasteiger partial charge < -0.3 is 10.6 Å². The molecule has 1 aliphatic rings. The van der Waals surface area contributed by atoms with E-state index in [0.717, 1.165) is 16.2 Å². The van der Waals surface area contributed by atoms with Crippen LogP contribution in [0.4, 0.5) is 4.79 Å². The van der Waals surface area contributed by atoms with Gasteiger partial charge in [-0.15, -0.1) is 11.3 Å². The number of nitrogens with one attached hydrogen (secondary N) is 2. The molecule has 2 N–H and O–H groups in total. The van der Waals surface area contributed by atoms with E-state index in [1.54, 1.807) is 13.0 Å². The van der Waals surface area contributed by atoms with E-state index >= 15 is 0 Å². The van der Waals surface area contributed by atoms with E-state index in [4.69, 9.17) is 0 Å². The van der Waals surface area contributed by atoms with Gasteiger partial charge in [0.1, 0.15) is 6.54 Å². The lowest BCUT2D eigenvalue weighted by atomic mass is 10.0. The second kappa shape index (κ2) is 5.72. The van der Waals surface area contributed by atoms with Crippen molar-refractivity contribution in [3.05, 3.63) is 22.4 Å². The third kappa shape index (κ3) is 2.99. The summed E-state index contributed by atoms with van der Waals surface area (Å²) in [4.78, 5) is 38.5.